The van der Waals surface area contributed by atoms with Gasteiger partial charge >= 0.3 is 0 Å². The number of halogens is 1. The molecule has 3 rings (SSSR count). The number of rotatable bonds is 2. The fourth-order valence-electron chi connectivity index (χ4n) is 3.36. The lowest BCUT2D eigenvalue weighted by Gasteiger charge is -2.34. The number of likely N-dealkylation sites (tertiary alicyclic amines) is 1. The predicted molar refractivity (Wildman–Crippen MR) is 105 cm³/mol. The van der Waals surface area contributed by atoms with Crippen molar-refractivity contribution in [2.75, 3.05) is 0 Å². The Kier molecular flexibility index (Phi) is 4.55. The summed E-state index contributed by atoms with van der Waals surface area (Å²) in [5, 5.41) is 19.7. The smallest absolute Gasteiger partial charge is 0.186 e. The second-order valence-corrected chi connectivity index (χ2v) is 8.02. The van der Waals surface area contributed by atoms with Crippen LogP contribution in [-0.2, 0) is 5.41 Å². The Balaban J connectivity index is 2.30. The average Bonchev–Trinajstić information content (AvgIpc) is 2.83. The molecule has 0 unspecified atom stereocenters. The highest BCUT2D eigenvalue weighted by atomic mass is 35.5. The van der Waals surface area contributed by atoms with E-state index in [1.807, 2.05) is 32.9 Å². The summed E-state index contributed by atoms with van der Waals surface area (Å²) >= 11 is 11.8. The molecule has 2 aromatic rings. The average molecular weight is 384 g/mol. The third-order valence-corrected chi connectivity index (χ3v) is 5.14. The first-order chi connectivity index (χ1) is 12.2. The minimum absolute atomic E-state index is 0.101. The Hall–Kier alpha value is -2.36. The van der Waals surface area contributed by atoms with Gasteiger partial charge in [-0.3, -0.25) is 5.41 Å². The summed E-state index contributed by atoms with van der Waals surface area (Å²) < 4.78 is 0. The molecule has 1 fully saturated rings. The van der Waals surface area contributed by atoms with E-state index in [0.29, 0.717) is 10.0 Å². The standard InChI is InChI=1S/C19H18ClN5S/c1-18(2,3)25-15(26)14(12-5-7-13(20)8-6-12)19(11-21,16(25)22)17-23-9-4-10-24-17/h4-10,14,22H,1-3H3/t14-,19+/m0/s1. The van der Waals surface area contributed by atoms with Crippen molar-refractivity contribution in [2.45, 2.75) is 37.6 Å². The third-order valence-electron chi connectivity index (χ3n) is 4.47. The fraction of sp³-hybridized carbons (Fsp3) is 0.316. The molecule has 2 atom stereocenters. The summed E-state index contributed by atoms with van der Waals surface area (Å²) in [6.45, 7) is 5.89. The first-order valence-electron chi connectivity index (χ1n) is 8.11. The molecule has 5 nitrogen and oxygen atoms in total. The van der Waals surface area contributed by atoms with E-state index < -0.39 is 16.9 Å². The second kappa shape index (κ2) is 6.42. The number of hydrogen-bond donors (Lipinski definition) is 1. The van der Waals surface area contributed by atoms with Gasteiger partial charge in [-0.2, -0.15) is 5.26 Å². The fourth-order valence-corrected chi connectivity index (χ4v) is 4.16. The maximum absolute atomic E-state index is 10.2. The van der Waals surface area contributed by atoms with Gasteiger partial charge in [0.2, 0.25) is 0 Å². The van der Waals surface area contributed by atoms with Gasteiger partial charge in [0.15, 0.2) is 11.2 Å². The quantitative estimate of drug-likeness (QED) is 0.790. The SMILES string of the molecule is CC(C)(C)N1C(=N)[C@](C#N)(c2ncccn2)[C@@H](c2ccc(Cl)cc2)C1=S. The van der Waals surface area contributed by atoms with Crippen LogP contribution in [-0.4, -0.2) is 31.2 Å². The Morgan fingerprint density at radius 1 is 1.23 bits per heavy atom. The summed E-state index contributed by atoms with van der Waals surface area (Å²) in [5.74, 6) is -0.168. The summed E-state index contributed by atoms with van der Waals surface area (Å²) in [5.41, 5.74) is -1.03. The van der Waals surface area contributed by atoms with Crippen molar-refractivity contribution in [1.29, 1.82) is 10.7 Å². The van der Waals surface area contributed by atoms with E-state index in [0.717, 1.165) is 5.56 Å². The van der Waals surface area contributed by atoms with Gasteiger partial charge in [-0.15, -0.1) is 0 Å². The largest absolute Gasteiger partial charge is 0.317 e. The van der Waals surface area contributed by atoms with E-state index in [-0.39, 0.29) is 11.7 Å². The van der Waals surface area contributed by atoms with Gasteiger partial charge in [-0.05, 0) is 44.5 Å². The third kappa shape index (κ3) is 2.68. The van der Waals surface area contributed by atoms with E-state index >= 15 is 0 Å². The van der Waals surface area contributed by atoms with E-state index in [4.69, 9.17) is 29.2 Å². The molecule has 1 N–H and O–H groups in total. The van der Waals surface area contributed by atoms with E-state index in [1.54, 1.807) is 35.5 Å². The van der Waals surface area contributed by atoms with Gasteiger partial charge in [0.05, 0.1) is 17.0 Å². The van der Waals surface area contributed by atoms with E-state index in [9.17, 15) is 5.26 Å². The molecule has 1 aliphatic rings. The van der Waals surface area contributed by atoms with Crippen molar-refractivity contribution >= 4 is 34.6 Å². The predicted octanol–water partition coefficient (Wildman–Crippen LogP) is 4.09. The van der Waals surface area contributed by atoms with Crippen LogP contribution < -0.4 is 0 Å². The lowest BCUT2D eigenvalue weighted by atomic mass is 9.74. The normalized spacial score (nSPS) is 23.2. The Bertz CT molecular complexity index is 898. The summed E-state index contributed by atoms with van der Waals surface area (Å²) in [4.78, 5) is 10.9. The number of nitrogens with one attached hydrogen (secondary N) is 1. The highest BCUT2D eigenvalue weighted by Crippen LogP contribution is 2.48. The lowest BCUT2D eigenvalue weighted by Crippen LogP contribution is -2.47. The van der Waals surface area contributed by atoms with Crippen molar-refractivity contribution in [3.8, 4) is 6.07 Å². The van der Waals surface area contributed by atoms with Gasteiger partial charge in [0.25, 0.3) is 0 Å². The zero-order chi connectivity index (χ0) is 19.1. The van der Waals surface area contributed by atoms with Crippen molar-refractivity contribution < 1.29 is 0 Å². The first kappa shape index (κ1) is 18.4. The van der Waals surface area contributed by atoms with Crippen LogP contribution in [0, 0.1) is 16.7 Å². The van der Waals surface area contributed by atoms with Crippen molar-refractivity contribution in [2.24, 2.45) is 0 Å². The molecule has 0 saturated carbocycles. The molecule has 0 radical (unpaired) electrons. The lowest BCUT2D eigenvalue weighted by molar-refractivity contribution is 0.345. The van der Waals surface area contributed by atoms with Crippen molar-refractivity contribution in [3.05, 3.63) is 59.1 Å². The molecule has 0 spiro atoms. The Labute approximate surface area is 163 Å². The van der Waals surface area contributed by atoms with E-state index in [2.05, 4.69) is 16.0 Å². The van der Waals surface area contributed by atoms with Gasteiger partial charge in [-0.25, -0.2) is 9.97 Å². The number of nitrogens with zero attached hydrogens (tertiary/aromatic N) is 4. The highest BCUT2D eigenvalue weighted by molar-refractivity contribution is 7.80. The Morgan fingerprint density at radius 2 is 1.81 bits per heavy atom. The first-order valence-corrected chi connectivity index (χ1v) is 8.89. The molecule has 1 aliphatic heterocycles. The molecular weight excluding hydrogens is 366 g/mol. The second-order valence-electron chi connectivity index (χ2n) is 7.17. The van der Waals surface area contributed by atoms with Gasteiger partial charge in [0, 0.05) is 23.0 Å². The molecule has 132 valence electrons. The van der Waals surface area contributed by atoms with Crippen LogP contribution in [0.5, 0.6) is 0 Å². The van der Waals surface area contributed by atoms with Gasteiger partial charge in [-0.1, -0.05) is 36.0 Å². The summed E-state index contributed by atoms with van der Waals surface area (Å²) in [6.07, 6.45) is 3.16. The van der Waals surface area contributed by atoms with Gasteiger partial charge < -0.3 is 4.90 Å². The molecule has 0 aliphatic carbocycles. The number of aromatic nitrogens is 2. The molecular formula is C19H18ClN5S. The van der Waals surface area contributed by atoms with E-state index in [1.165, 1.54) is 0 Å². The molecule has 1 saturated heterocycles. The van der Waals surface area contributed by atoms with Crippen LogP contribution in [0.1, 0.15) is 38.1 Å². The molecule has 7 heteroatoms. The molecule has 2 heterocycles. The number of hydrogen-bond acceptors (Lipinski definition) is 5. The maximum atomic E-state index is 10.2. The summed E-state index contributed by atoms with van der Waals surface area (Å²) in [6, 6.07) is 11.2. The van der Waals surface area contributed by atoms with Crippen LogP contribution in [0.2, 0.25) is 5.02 Å². The minimum atomic E-state index is -1.39. The summed E-state index contributed by atoms with van der Waals surface area (Å²) in [7, 11) is 0. The molecule has 26 heavy (non-hydrogen) atoms. The monoisotopic (exact) mass is 383 g/mol. The maximum Gasteiger partial charge on any atom is 0.186 e. The molecule has 1 aromatic carbocycles. The zero-order valence-electron chi connectivity index (χ0n) is 14.7. The van der Waals surface area contributed by atoms with Crippen molar-refractivity contribution in [3.63, 3.8) is 0 Å². The Morgan fingerprint density at radius 3 is 2.31 bits per heavy atom. The number of nitriles is 1. The molecule has 0 amide bonds. The minimum Gasteiger partial charge on any atom is -0.317 e. The number of thiocarbonyl (C=S) groups is 1. The van der Waals surface area contributed by atoms with Crippen LogP contribution in [0.4, 0.5) is 0 Å². The molecule has 0 bridgehead atoms. The van der Waals surface area contributed by atoms with Crippen LogP contribution in [0.15, 0.2) is 42.7 Å². The molecule has 1 aromatic heterocycles. The van der Waals surface area contributed by atoms with Gasteiger partial charge in [0.1, 0.15) is 5.84 Å². The van der Waals surface area contributed by atoms with Crippen LogP contribution >= 0.6 is 23.8 Å². The highest BCUT2D eigenvalue weighted by Gasteiger charge is 2.61. The number of amidine groups is 1. The topological polar surface area (TPSA) is 76.7 Å². The van der Waals surface area contributed by atoms with Crippen LogP contribution in [0.25, 0.3) is 0 Å². The zero-order valence-corrected chi connectivity index (χ0v) is 16.3. The number of benzene rings is 1. The van der Waals surface area contributed by atoms with Crippen LogP contribution in [0.3, 0.4) is 0 Å². The van der Waals surface area contributed by atoms with Crippen molar-refractivity contribution in [1.82, 2.24) is 14.9 Å².